The zero-order valence-electron chi connectivity index (χ0n) is 10.8. The van der Waals surface area contributed by atoms with E-state index in [1.54, 1.807) is 0 Å². The van der Waals surface area contributed by atoms with Crippen LogP contribution in [0, 0.1) is 5.41 Å². The summed E-state index contributed by atoms with van der Waals surface area (Å²) in [6, 6.07) is 6.02. The number of benzene rings is 1. The van der Waals surface area contributed by atoms with Crippen molar-refractivity contribution in [3.05, 3.63) is 33.8 Å². The van der Waals surface area contributed by atoms with Gasteiger partial charge < -0.3 is 0 Å². The fraction of sp³-hybridized carbons (Fsp3) is 0.600. The van der Waals surface area contributed by atoms with Gasteiger partial charge in [0.05, 0.1) is 0 Å². The molecule has 0 atom stereocenters. The Morgan fingerprint density at radius 2 is 1.41 bits per heavy atom. The van der Waals surface area contributed by atoms with Crippen molar-refractivity contribution in [3.8, 4) is 0 Å². The van der Waals surface area contributed by atoms with Gasteiger partial charge >= 0.3 is 0 Å². The van der Waals surface area contributed by atoms with E-state index in [-0.39, 0.29) is 10.8 Å². The quantitative estimate of drug-likeness (QED) is 0.600. The molecular formula is C15H20Cl2. The van der Waals surface area contributed by atoms with E-state index in [0.29, 0.717) is 0 Å². The third-order valence-electron chi connectivity index (χ3n) is 4.31. The van der Waals surface area contributed by atoms with Crippen LogP contribution in [0.5, 0.6) is 0 Å². The molecule has 1 aliphatic rings. The number of halogens is 2. The number of hydrogen-bond acceptors (Lipinski definition) is 0. The molecular weight excluding hydrogens is 251 g/mol. The molecule has 0 spiro atoms. The maximum Gasteiger partial charge on any atom is 0.0423 e. The fourth-order valence-electron chi connectivity index (χ4n) is 3.28. The molecule has 1 aliphatic carbocycles. The van der Waals surface area contributed by atoms with E-state index >= 15 is 0 Å². The summed E-state index contributed by atoms with van der Waals surface area (Å²) < 4.78 is 0. The molecule has 0 bridgehead atoms. The summed E-state index contributed by atoms with van der Waals surface area (Å²) in [7, 11) is 0. The fourth-order valence-corrected chi connectivity index (χ4v) is 3.81. The minimum atomic E-state index is 0.238. The van der Waals surface area contributed by atoms with Crippen LogP contribution in [0.1, 0.15) is 52.0 Å². The molecule has 94 valence electrons. The molecule has 0 unspecified atom stereocenters. The molecule has 0 radical (unpaired) electrons. The van der Waals surface area contributed by atoms with Gasteiger partial charge in [0.2, 0.25) is 0 Å². The standard InChI is InChI=1S/C15H20Cl2/c1-14(2,3)15(6-4-5-7-15)11-8-12(16)10-13(17)9-11/h8-10H,4-7H2,1-3H3. The SMILES string of the molecule is CC(C)(C)C1(c2cc(Cl)cc(Cl)c2)CCCC1. The lowest BCUT2D eigenvalue weighted by molar-refractivity contribution is 0.187. The summed E-state index contributed by atoms with van der Waals surface area (Å²) in [6.07, 6.45) is 5.10. The average molecular weight is 271 g/mol. The Morgan fingerprint density at radius 1 is 0.941 bits per heavy atom. The highest BCUT2D eigenvalue weighted by atomic mass is 35.5. The Bertz CT molecular complexity index is 389. The van der Waals surface area contributed by atoms with E-state index in [1.807, 2.05) is 6.07 Å². The van der Waals surface area contributed by atoms with Crippen molar-refractivity contribution in [2.45, 2.75) is 51.9 Å². The molecule has 17 heavy (non-hydrogen) atoms. The highest BCUT2D eigenvalue weighted by Gasteiger charge is 2.45. The van der Waals surface area contributed by atoms with Gasteiger partial charge in [-0.2, -0.15) is 0 Å². The Morgan fingerprint density at radius 3 is 1.82 bits per heavy atom. The molecule has 2 rings (SSSR count). The number of rotatable bonds is 1. The molecule has 1 saturated carbocycles. The van der Waals surface area contributed by atoms with Crippen LogP contribution in [0.2, 0.25) is 10.0 Å². The van der Waals surface area contributed by atoms with Gasteiger partial charge in [-0.15, -0.1) is 0 Å². The number of hydrogen-bond donors (Lipinski definition) is 0. The van der Waals surface area contributed by atoms with E-state index in [4.69, 9.17) is 23.2 Å². The van der Waals surface area contributed by atoms with Crippen LogP contribution in [-0.2, 0) is 5.41 Å². The second-order valence-corrected chi connectivity index (χ2v) is 7.07. The van der Waals surface area contributed by atoms with Gasteiger partial charge in [0, 0.05) is 15.5 Å². The topological polar surface area (TPSA) is 0 Å². The van der Waals surface area contributed by atoms with Crippen molar-refractivity contribution < 1.29 is 0 Å². The smallest absolute Gasteiger partial charge is 0.0423 e. The van der Waals surface area contributed by atoms with Gasteiger partial charge in [0.25, 0.3) is 0 Å². The van der Waals surface area contributed by atoms with E-state index in [2.05, 4.69) is 32.9 Å². The lowest BCUT2D eigenvalue weighted by atomic mass is 9.61. The van der Waals surface area contributed by atoms with Crippen LogP contribution in [-0.4, -0.2) is 0 Å². The van der Waals surface area contributed by atoms with Crippen LogP contribution in [0.25, 0.3) is 0 Å². The highest BCUT2D eigenvalue weighted by molar-refractivity contribution is 6.34. The Labute approximate surface area is 114 Å². The molecule has 0 aromatic heterocycles. The van der Waals surface area contributed by atoms with Gasteiger partial charge in [-0.25, -0.2) is 0 Å². The van der Waals surface area contributed by atoms with Crippen LogP contribution in [0.15, 0.2) is 18.2 Å². The molecule has 0 nitrogen and oxygen atoms in total. The minimum absolute atomic E-state index is 0.238. The first kappa shape index (κ1) is 13.2. The zero-order chi connectivity index (χ0) is 12.7. The van der Waals surface area contributed by atoms with E-state index < -0.39 is 0 Å². The van der Waals surface area contributed by atoms with Gasteiger partial charge in [-0.05, 0) is 42.0 Å². The lowest BCUT2D eigenvalue weighted by Crippen LogP contribution is -2.37. The van der Waals surface area contributed by atoms with Crippen molar-refractivity contribution in [3.63, 3.8) is 0 Å². The largest absolute Gasteiger partial charge is 0.0843 e. The molecule has 0 saturated heterocycles. The first-order valence-corrected chi connectivity index (χ1v) is 7.07. The van der Waals surface area contributed by atoms with Gasteiger partial charge in [0.1, 0.15) is 0 Å². The second kappa shape index (κ2) is 4.48. The maximum absolute atomic E-state index is 6.16. The van der Waals surface area contributed by atoms with Crippen molar-refractivity contribution in [2.75, 3.05) is 0 Å². The monoisotopic (exact) mass is 270 g/mol. The van der Waals surface area contributed by atoms with Crippen LogP contribution >= 0.6 is 23.2 Å². The molecule has 0 aliphatic heterocycles. The molecule has 0 N–H and O–H groups in total. The third-order valence-corrected chi connectivity index (χ3v) is 4.74. The molecule has 1 aromatic carbocycles. The Hall–Kier alpha value is -0.200. The lowest BCUT2D eigenvalue weighted by Gasteiger charge is -2.43. The summed E-state index contributed by atoms with van der Waals surface area (Å²) in [4.78, 5) is 0. The second-order valence-electron chi connectivity index (χ2n) is 6.20. The minimum Gasteiger partial charge on any atom is -0.0843 e. The average Bonchev–Trinajstić information content (AvgIpc) is 2.64. The van der Waals surface area contributed by atoms with Gasteiger partial charge in [0.15, 0.2) is 0 Å². The first-order chi connectivity index (χ1) is 7.85. The van der Waals surface area contributed by atoms with E-state index in [0.717, 1.165) is 10.0 Å². The summed E-state index contributed by atoms with van der Waals surface area (Å²) in [6.45, 7) is 6.98. The molecule has 1 aromatic rings. The van der Waals surface area contributed by atoms with Crippen molar-refractivity contribution in [2.24, 2.45) is 5.41 Å². The third kappa shape index (κ3) is 2.35. The van der Waals surface area contributed by atoms with Crippen molar-refractivity contribution >= 4 is 23.2 Å². The Balaban J connectivity index is 2.53. The molecule has 0 amide bonds. The maximum atomic E-state index is 6.16. The van der Waals surface area contributed by atoms with Gasteiger partial charge in [-0.3, -0.25) is 0 Å². The summed E-state index contributed by atoms with van der Waals surface area (Å²) >= 11 is 12.3. The van der Waals surface area contributed by atoms with Crippen LogP contribution < -0.4 is 0 Å². The van der Waals surface area contributed by atoms with E-state index in [1.165, 1.54) is 31.2 Å². The van der Waals surface area contributed by atoms with Crippen LogP contribution in [0.3, 0.4) is 0 Å². The highest BCUT2D eigenvalue weighted by Crippen LogP contribution is 2.53. The normalized spacial score (nSPS) is 19.6. The molecule has 0 heterocycles. The van der Waals surface area contributed by atoms with Crippen LogP contribution in [0.4, 0.5) is 0 Å². The predicted molar refractivity (Wildman–Crippen MR) is 76.1 cm³/mol. The molecule has 2 heteroatoms. The summed E-state index contributed by atoms with van der Waals surface area (Å²) in [5.74, 6) is 0. The van der Waals surface area contributed by atoms with Gasteiger partial charge in [-0.1, -0.05) is 56.8 Å². The van der Waals surface area contributed by atoms with Crippen molar-refractivity contribution in [1.82, 2.24) is 0 Å². The van der Waals surface area contributed by atoms with Crippen molar-refractivity contribution in [1.29, 1.82) is 0 Å². The summed E-state index contributed by atoms with van der Waals surface area (Å²) in [5.41, 5.74) is 1.80. The first-order valence-electron chi connectivity index (χ1n) is 6.32. The van der Waals surface area contributed by atoms with E-state index in [9.17, 15) is 0 Å². The predicted octanol–water partition coefficient (Wildman–Crippen LogP) is 5.85. The summed E-state index contributed by atoms with van der Waals surface area (Å²) in [5, 5.41) is 1.51. The molecule has 1 fully saturated rings. The zero-order valence-corrected chi connectivity index (χ0v) is 12.3. The Kier molecular flexibility index (Phi) is 3.49.